The average molecular weight is 171 g/mol. The van der Waals surface area contributed by atoms with E-state index in [9.17, 15) is 4.79 Å². The quantitative estimate of drug-likeness (QED) is 0.531. The molecule has 0 aromatic carbocycles. The number of carbonyl (C=O) groups excluding carboxylic acids is 1. The smallest absolute Gasteiger partial charge is 0.362 e. The minimum atomic E-state index is -1.07. The van der Waals surface area contributed by atoms with Gasteiger partial charge in [0.15, 0.2) is 5.69 Å². The van der Waals surface area contributed by atoms with E-state index < -0.39 is 12.3 Å². The van der Waals surface area contributed by atoms with E-state index >= 15 is 0 Å². The number of aliphatic hydroxyl groups is 1. The molecule has 12 heavy (non-hydrogen) atoms. The van der Waals surface area contributed by atoms with Crippen LogP contribution < -0.4 is 0 Å². The van der Waals surface area contributed by atoms with E-state index in [1.807, 2.05) is 0 Å². The summed E-state index contributed by atoms with van der Waals surface area (Å²) in [6.45, 7) is 1.70. The van der Waals surface area contributed by atoms with Gasteiger partial charge in [0.25, 0.3) is 0 Å². The monoisotopic (exact) mass is 171 g/mol. The number of rotatable bonds is 3. The van der Waals surface area contributed by atoms with Crippen LogP contribution in [0, 0.1) is 0 Å². The van der Waals surface area contributed by atoms with Gasteiger partial charge in [-0.15, -0.1) is 0 Å². The normalized spacial score (nSPS) is 12.5. The molecule has 0 spiro atoms. The van der Waals surface area contributed by atoms with Gasteiger partial charge in [-0.25, -0.2) is 4.79 Å². The van der Waals surface area contributed by atoms with Crippen LogP contribution in [0.1, 0.15) is 23.8 Å². The second-order valence-corrected chi connectivity index (χ2v) is 2.15. The minimum Gasteiger partial charge on any atom is -0.431 e. The third-order valence-corrected chi connectivity index (χ3v) is 1.24. The Hall–Kier alpha value is -1.36. The van der Waals surface area contributed by atoms with E-state index in [1.165, 1.54) is 12.3 Å². The first-order chi connectivity index (χ1) is 5.74. The van der Waals surface area contributed by atoms with Gasteiger partial charge in [-0.05, 0) is 0 Å². The van der Waals surface area contributed by atoms with Gasteiger partial charge in [-0.2, -0.15) is 0 Å². The highest BCUT2D eigenvalue weighted by atomic mass is 16.6. The molecule has 0 radical (unpaired) electrons. The number of hydrogen-bond acceptors (Lipinski definition) is 5. The third-order valence-electron chi connectivity index (χ3n) is 1.24. The molecule has 0 aliphatic rings. The van der Waals surface area contributed by atoms with Crippen LogP contribution in [0.25, 0.3) is 0 Å². The first-order valence-electron chi connectivity index (χ1n) is 3.53. The summed E-state index contributed by atoms with van der Waals surface area (Å²) in [6, 6.07) is 1.37. The lowest BCUT2D eigenvalue weighted by Crippen LogP contribution is -2.16. The van der Waals surface area contributed by atoms with Crippen molar-refractivity contribution in [1.29, 1.82) is 0 Å². The van der Waals surface area contributed by atoms with Crippen molar-refractivity contribution in [3.63, 3.8) is 0 Å². The van der Waals surface area contributed by atoms with Gasteiger partial charge >= 0.3 is 5.97 Å². The molecule has 0 saturated heterocycles. The fourth-order valence-corrected chi connectivity index (χ4v) is 0.585. The number of hydrogen-bond donors (Lipinski definition) is 1. The van der Waals surface area contributed by atoms with Crippen molar-refractivity contribution in [3.05, 3.63) is 18.0 Å². The molecule has 0 amide bonds. The second-order valence-electron chi connectivity index (χ2n) is 2.15. The molecule has 0 fully saturated rings. The number of aromatic nitrogens is 1. The Balaban J connectivity index is 2.50. The number of aliphatic hydroxyl groups excluding tert-OH is 1. The minimum absolute atomic E-state index is 0.0579. The molecule has 1 N–H and O–H groups in total. The largest absolute Gasteiger partial charge is 0.431 e. The Morgan fingerprint density at radius 2 is 2.67 bits per heavy atom. The molecule has 5 heteroatoms. The van der Waals surface area contributed by atoms with Gasteiger partial charge in [-0.3, -0.25) is 0 Å². The maximum absolute atomic E-state index is 11.0. The lowest BCUT2D eigenvalue weighted by molar-refractivity contribution is -0.0662. The Morgan fingerprint density at radius 1 is 1.92 bits per heavy atom. The Labute approximate surface area is 68.9 Å². The summed E-state index contributed by atoms with van der Waals surface area (Å²) in [7, 11) is 0. The van der Waals surface area contributed by atoms with Crippen LogP contribution in [0.3, 0.4) is 0 Å². The molecule has 66 valence electrons. The van der Waals surface area contributed by atoms with Crippen molar-refractivity contribution < 1.29 is 19.2 Å². The summed E-state index contributed by atoms with van der Waals surface area (Å²) in [5, 5.41) is 12.3. The van der Waals surface area contributed by atoms with E-state index in [0.29, 0.717) is 6.42 Å². The average Bonchev–Trinajstić information content (AvgIpc) is 2.56. The van der Waals surface area contributed by atoms with E-state index in [0.717, 1.165) is 0 Å². The van der Waals surface area contributed by atoms with E-state index in [2.05, 4.69) is 14.4 Å². The molecule has 0 aliphatic carbocycles. The highest BCUT2D eigenvalue weighted by Gasteiger charge is 2.13. The number of nitrogens with zero attached hydrogens (tertiary/aromatic N) is 1. The Morgan fingerprint density at radius 3 is 3.17 bits per heavy atom. The summed E-state index contributed by atoms with van der Waals surface area (Å²) < 4.78 is 8.96. The summed E-state index contributed by atoms with van der Waals surface area (Å²) in [5.41, 5.74) is 0.0579. The molecule has 0 aliphatic heterocycles. The molecule has 0 bridgehead atoms. The molecule has 1 aromatic rings. The standard InChI is InChI=1S/C7H9NO4/c1-2-6(9)12-7(10)5-3-4-11-8-5/h3-4,6,9H,2H2,1H3. The Kier molecular flexibility index (Phi) is 2.82. The van der Waals surface area contributed by atoms with Crippen molar-refractivity contribution in [2.75, 3.05) is 0 Å². The molecule has 1 rings (SSSR count). The molecule has 1 unspecified atom stereocenters. The molecule has 5 nitrogen and oxygen atoms in total. The highest BCUT2D eigenvalue weighted by Crippen LogP contribution is 2.01. The van der Waals surface area contributed by atoms with Crippen molar-refractivity contribution >= 4 is 5.97 Å². The number of ether oxygens (including phenoxy) is 1. The summed E-state index contributed by atoms with van der Waals surface area (Å²) in [5.74, 6) is -0.682. The fourth-order valence-electron chi connectivity index (χ4n) is 0.585. The topological polar surface area (TPSA) is 72.6 Å². The maximum atomic E-state index is 11.0. The molecular weight excluding hydrogens is 162 g/mol. The zero-order valence-corrected chi connectivity index (χ0v) is 6.56. The first kappa shape index (κ1) is 8.73. The van der Waals surface area contributed by atoms with Crippen LogP contribution in [-0.2, 0) is 4.74 Å². The van der Waals surface area contributed by atoms with Crippen LogP contribution in [0.15, 0.2) is 16.9 Å². The van der Waals surface area contributed by atoms with Crippen molar-refractivity contribution in [2.45, 2.75) is 19.6 Å². The third kappa shape index (κ3) is 2.06. The van der Waals surface area contributed by atoms with Gasteiger partial charge < -0.3 is 14.4 Å². The SMILES string of the molecule is CCC(O)OC(=O)c1ccon1. The van der Waals surface area contributed by atoms with E-state index in [1.54, 1.807) is 6.92 Å². The fraction of sp³-hybridized carbons (Fsp3) is 0.429. The van der Waals surface area contributed by atoms with E-state index in [-0.39, 0.29) is 5.69 Å². The maximum Gasteiger partial charge on any atom is 0.362 e. The van der Waals surface area contributed by atoms with Gasteiger partial charge in [-0.1, -0.05) is 12.1 Å². The summed E-state index contributed by atoms with van der Waals surface area (Å²) >= 11 is 0. The summed E-state index contributed by atoms with van der Waals surface area (Å²) in [6.07, 6.45) is 0.535. The van der Waals surface area contributed by atoms with Crippen molar-refractivity contribution in [1.82, 2.24) is 5.16 Å². The lowest BCUT2D eigenvalue weighted by atomic mass is 10.4. The predicted molar refractivity (Wildman–Crippen MR) is 38.2 cm³/mol. The lowest BCUT2D eigenvalue weighted by Gasteiger charge is -2.06. The molecule has 1 aromatic heterocycles. The van der Waals surface area contributed by atoms with Gasteiger partial charge in [0.2, 0.25) is 6.29 Å². The van der Waals surface area contributed by atoms with Crippen LogP contribution in [0.5, 0.6) is 0 Å². The predicted octanol–water partition coefficient (Wildman–Crippen LogP) is 0.560. The van der Waals surface area contributed by atoms with Crippen molar-refractivity contribution in [2.24, 2.45) is 0 Å². The van der Waals surface area contributed by atoms with Crippen LogP contribution in [0.4, 0.5) is 0 Å². The summed E-state index contributed by atoms with van der Waals surface area (Å²) in [4.78, 5) is 11.0. The number of carbonyl (C=O) groups is 1. The molecule has 0 saturated carbocycles. The molecule has 1 atom stereocenters. The van der Waals surface area contributed by atoms with Gasteiger partial charge in [0.05, 0.1) is 0 Å². The number of esters is 1. The molecular formula is C7H9NO4. The van der Waals surface area contributed by atoms with Gasteiger partial charge in [0.1, 0.15) is 6.26 Å². The zero-order valence-electron chi connectivity index (χ0n) is 6.56. The molecule has 1 heterocycles. The highest BCUT2D eigenvalue weighted by molar-refractivity contribution is 5.86. The first-order valence-corrected chi connectivity index (χ1v) is 3.53. The van der Waals surface area contributed by atoms with Crippen molar-refractivity contribution in [3.8, 4) is 0 Å². The van der Waals surface area contributed by atoms with Crippen LogP contribution >= 0.6 is 0 Å². The van der Waals surface area contributed by atoms with Crippen LogP contribution in [-0.4, -0.2) is 22.5 Å². The Bertz CT molecular complexity index is 244. The van der Waals surface area contributed by atoms with E-state index in [4.69, 9.17) is 5.11 Å². The van der Waals surface area contributed by atoms with Crippen LogP contribution in [0.2, 0.25) is 0 Å². The van der Waals surface area contributed by atoms with Gasteiger partial charge in [0, 0.05) is 12.5 Å². The second kappa shape index (κ2) is 3.87. The zero-order chi connectivity index (χ0) is 8.97.